The summed E-state index contributed by atoms with van der Waals surface area (Å²) in [6, 6.07) is 10.5. The summed E-state index contributed by atoms with van der Waals surface area (Å²) in [5.41, 5.74) is 2.50. The molecule has 0 saturated carbocycles. The van der Waals surface area contributed by atoms with Crippen molar-refractivity contribution in [1.82, 2.24) is 4.98 Å². The highest BCUT2D eigenvalue weighted by Crippen LogP contribution is 2.30. The SMILES string of the molecule is Cc1cc(Sc2ccccc2C)ncc1Br. The van der Waals surface area contributed by atoms with Crippen LogP contribution in [-0.4, -0.2) is 4.98 Å². The number of halogens is 1. The molecule has 0 N–H and O–H groups in total. The van der Waals surface area contributed by atoms with Crippen molar-refractivity contribution in [2.75, 3.05) is 0 Å². The predicted molar refractivity (Wildman–Crippen MR) is 72.0 cm³/mol. The van der Waals surface area contributed by atoms with Gasteiger partial charge in [-0.05, 0) is 53.0 Å². The van der Waals surface area contributed by atoms with Crippen molar-refractivity contribution in [3.8, 4) is 0 Å². The molecule has 0 spiro atoms. The standard InChI is InChI=1S/C13H12BrNS/c1-9-5-3-4-6-12(9)16-13-7-10(2)11(14)8-15-13/h3-8H,1-2H3. The average molecular weight is 294 g/mol. The summed E-state index contributed by atoms with van der Waals surface area (Å²) in [6.45, 7) is 4.20. The van der Waals surface area contributed by atoms with Gasteiger partial charge in [0.05, 0.1) is 0 Å². The number of aryl methyl sites for hydroxylation is 2. The normalized spacial score (nSPS) is 10.4. The van der Waals surface area contributed by atoms with E-state index in [1.165, 1.54) is 16.0 Å². The van der Waals surface area contributed by atoms with Crippen LogP contribution in [0.15, 0.2) is 50.9 Å². The van der Waals surface area contributed by atoms with E-state index in [-0.39, 0.29) is 0 Å². The number of pyridine rings is 1. The lowest BCUT2D eigenvalue weighted by atomic mass is 10.2. The Bertz CT molecular complexity index is 511. The Kier molecular flexibility index (Phi) is 3.66. The van der Waals surface area contributed by atoms with Crippen LogP contribution in [0.3, 0.4) is 0 Å². The molecule has 82 valence electrons. The van der Waals surface area contributed by atoms with Crippen LogP contribution in [0, 0.1) is 13.8 Å². The molecule has 16 heavy (non-hydrogen) atoms. The van der Waals surface area contributed by atoms with Crippen LogP contribution < -0.4 is 0 Å². The fourth-order valence-corrected chi connectivity index (χ4v) is 2.51. The van der Waals surface area contributed by atoms with E-state index in [1.54, 1.807) is 11.8 Å². The molecular weight excluding hydrogens is 282 g/mol. The van der Waals surface area contributed by atoms with Gasteiger partial charge in [-0.2, -0.15) is 0 Å². The van der Waals surface area contributed by atoms with E-state index >= 15 is 0 Å². The van der Waals surface area contributed by atoms with Gasteiger partial charge in [-0.15, -0.1) is 0 Å². The second-order valence-electron chi connectivity index (χ2n) is 3.64. The summed E-state index contributed by atoms with van der Waals surface area (Å²) in [7, 11) is 0. The van der Waals surface area contributed by atoms with Gasteiger partial charge >= 0.3 is 0 Å². The van der Waals surface area contributed by atoms with Crippen molar-refractivity contribution in [2.24, 2.45) is 0 Å². The van der Waals surface area contributed by atoms with Crippen LogP contribution in [0.25, 0.3) is 0 Å². The Hall–Kier alpha value is -0.800. The first-order chi connectivity index (χ1) is 7.66. The lowest BCUT2D eigenvalue weighted by Gasteiger charge is -2.05. The van der Waals surface area contributed by atoms with Gasteiger partial charge in [-0.1, -0.05) is 30.0 Å². The number of benzene rings is 1. The highest BCUT2D eigenvalue weighted by atomic mass is 79.9. The first-order valence-corrected chi connectivity index (χ1v) is 6.63. The second kappa shape index (κ2) is 5.02. The molecule has 0 aliphatic rings. The Morgan fingerprint density at radius 1 is 1.12 bits per heavy atom. The van der Waals surface area contributed by atoms with Crippen LogP contribution in [0.2, 0.25) is 0 Å². The van der Waals surface area contributed by atoms with Crippen molar-refractivity contribution < 1.29 is 0 Å². The Balaban J connectivity index is 2.28. The lowest BCUT2D eigenvalue weighted by Crippen LogP contribution is -1.85. The quantitative estimate of drug-likeness (QED) is 0.802. The monoisotopic (exact) mass is 293 g/mol. The van der Waals surface area contributed by atoms with E-state index < -0.39 is 0 Å². The van der Waals surface area contributed by atoms with Gasteiger partial charge in [0.1, 0.15) is 5.03 Å². The molecule has 0 fully saturated rings. The van der Waals surface area contributed by atoms with Crippen LogP contribution in [-0.2, 0) is 0 Å². The van der Waals surface area contributed by atoms with E-state index in [2.05, 4.69) is 65.1 Å². The first-order valence-electron chi connectivity index (χ1n) is 5.02. The van der Waals surface area contributed by atoms with Crippen molar-refractivity contribution in [2.45, 2.75) is 23.8 Å². The summed E-state index contributed by atoms with van der Waals surface area (Å²) in [4.78, 5) is 5.65. The van der Waals surface area contributed by atoms with Crippen molar-refractivity contribution >= 4 is 27.7 Å². The highest BCUT2D eigenvalue weighted by Gasteiger charge is 2.03. The third-order valence-electron chi connectivity index (χ3n) is 2.33. The second-order valence-corrected chi connectivity index (χ2v) is 5.56. The molecule has 0 amide bonds. The number of aromatic nitrogens is 1. The Morgan fingerprint density at radius 3 is 2.56 bits per heavy atom. The molecule has 2 rings (SSSR count). The van der Waals surface area contributed by atoms with Crippen molar-refractivity contribution in [3.63, 3.8) is 0 Å². The summed E-state index contributed by atoms with van der Waals surface area (Å²) in [6.07, 6.45) is 1.86. The average Bonchev–Trinajstić information content (AvgIpc) is 2.27. The van der Waals surface area contributed by atoms with Crippen molar-refractivity contribution in [3.05, 3.63) is 52.1 Å². The summed E-state index contributed by atoms with van der Waals surface area (Å²) < 4.78 is 1.06. The molecule has 0 bridgehead atoms. The van der Waals surface area contributed by atoms with Gasteiger partial charge < -0.3 is 0 Å². The first kappa shape index (κ1) is 11.7. The minimum atomic E-state index is 1.04. The van der Waals surface area contributed by atoms with Gasteiger partial charge in [-0.3, -0.25) is 0 Å². The fraction of sp³-hybridized carbons (Fsp3) is 0.154. The molecule has 3 heteroatoms. The molecule has 1 aromatic heterocycles. The lowest BCUT2D eigenvalue weighted by molar-refractivity contribution is 1.09. The zero-order valence-corrected chi connectivity index (χ0v) is 11.6. The molecule has 1 nitrogen and oxygen atoms in total. The summed E-state index contributed by atoms with van der Waals surface area (Å²) >= 11 is 5.16. The third kappa shape index (κ3) is 2.66. The number of nitrogens with zero attached hydrogens (tertiary/aromatic N) is 1. The van der Waals surface area contributed by atoms with Crippen LogP contribution in [0.5, 0.6) is 0 Å². The molecule has 0 aliphatic heterocycles. The highest BCUT2D eigenvalue weighted by molar-refractivity contribution is 9.10. The van der Waals surface area contributed by atoms with E-state index in [9.17, 15) is 0 Å². The molecule has 0 radical (unpaired) electrons. The molecule has 0 aliphatic carbocycles. The largest absolute Gasteiger partial charge is 0.248 e. The van der Waals surface area contributed by atoms with Crippen LogP contribution in [0.1, 0.15) is 11.1 Å². The molecule has 1 aromatic carbocycles. The maximum absolute atomic E-state index is 4.39. The maximum atomic E-state index is 4.39. The van der Waals surface area contributed by atoms with Crippen LogP contribution in [0.4, 0.5) is 0 Å². The Labute approximate surface area is 108 Å². The van der Waals surface area contributed by atoms with E-state index in [0.717, 1.165) is 9.50 Å². The minimum absolute atomic E-state index is 1.04. The molecule has 2 aromatic rings. The van der Waals surface area contributed by atoms with Gasteiger partial charge in [0, 0.05) is 15.6 Å². The third-order valence-corrected chi connectivity index (χ3v) is 4.27. The topological polar surface area (TPSA) is 12.9 Å². The number of rotatable bonds is 2. The van der Waals surface area contributed by atoms with Gasteiger partial charge in [-0.25, -0.2) is 4.98 Å². The number of hydrogen-bond donors (Lipinski definition) is 0. The maximum Gasteiger partial charge on any atom is 0.101 e. The zero-order chi connectivity index (χ0) is 11.5. The van der Waals surface area contributed by atoms with Gasteiger partial charge in [0.15, 0.2) is 0 Å². The van der Waals surface area contributed by atoms with Gasteiger partial charge in [0.25, 0.3) is 0 Å². The smallest absolute Gasteiger partial charge is 0.101 e. The zero-order valence-electron chi connectivity index (χ0n) is 9.20. The van der Waals surface area contributed by atoms with E-state index in [1.807, 2.05) is 6.20 Å². The molecule has 0 atom stereocenters. The Morgan fingerprint density at radius 2 is 1.88 bits per heavy atom. The minimum Gasteiger partial charge on any atom is -0.248 e. The summed E-state index contributed by atoms with van der Waals surface area (Å²) in [5, 5.41) is 1.04. The van der Waals surface area contributed by atoms with Gasteiger partial charge in [0.2, 0.25) is 0 Å². The van der Waals surface area contributed by atoms with E-state index in [4.69, 9.17) is 0 Å². The molecule has 1 heterocycles. The molecule has 0 unspecified atom stereocenters. The number of hydrogen-bond acceptors (Lipinski definition) is 2. The fourth-order valence-electron chi connectivity index (χ4n) is 1.35. The van der Waals surface area contributed by atoms with Crippen molar-refractivity contribution in [1.29, 1.82) is 0 Å². The molecule has 0 saturated heterocycles. The predicted octanol–water partition coefficient (Wildman–Crippen LogP) is 4.61. The molecular formula is C13H12BrNS. The summed E-state index contributed by atoms with van der Waals surface area (Å²) in [5.74, 6) is 0. The van der Waals surface area contributed by atoms with E-state index in [0.29, 0.717) is 0 Å². The van der Waals surface area contributed by atoms with Crippen LogP contribution >= 0.6 is 27.7 Å².